The third-order valence-electron chi connectivity index (χ3n) is 21.7. The molecule has 486 valence electrons. The normalized spacial score (nSPS) is 13.3. The maximum atomic E-state index is 2.74. The molecule has 0 N–H and O–H groups in total. The quantitative estimate of drug-likeness (QED) is 0.148. The van der Waals surface area contributed by atoms with E-state index in [1.165, 1.54) is 153 Å². The number of aromatic nitrogens is 2. The molecule has 0 fully saturated rings. The Morgan fingerprint density at radius 1 is 0.300 bits per heavy atom. The fourth-order valence-corrected chi connectivity index (χ4v) is 17.6. The van der Waals surface area contributed by atoms with E-state index >= 15 is 0 Å². The first-order chi connectivity index (χ1) is 48.2. The van der Waals surface area contributed by atoms with Gasteiger partial charge in [0.25, 0.3) is 6.71 Å². The van der Waals surface area contributed by atoms with Gasteiger partial charge in [0.2, 0.25) is 0 Å². The van der Waals surface area contributed by atoms with Gasteiger partial charge in [-0.2, -0.15) is 0 Å². The standard InChI is InChI=1S/C94H81BN4S/c1-91(2,3)62-49-61(50-63(52-62)92(4,5)6)60-43-46-75-81(51-60)98(80-41-28-38-71-69-36-24-27-42-85(69)100-90(71)80)83-55-65(94(10,11)12)56-84-87(83)95(75)76-47-44-67(57-82(76)99(84)88-73(58-29-16-13-17-30-58)53-64(93(7,8)9)54-74(88)59-31-18-14-19-32-59)97-77-39-25-22-35-68(77)70-45-48-79-86(89(70)97)72-37-23-26-40-78(72)96(79)66-33-20-15-21-34-66/h13-57H,1-12H3. The van der Waals surface area contributed by atoms with Gasteiger partial charge in [0.15, 0.2) is 0 Å². The van der Waals surface area contributed by atoms with Gasteiger partial charge in [-0.05, 0) is 167 Å². The van der Waals surface area contributed by atoms with Crippen LogP contribution in [0.3, 0.4) is 0 Å². The zero-order valence-corrected chi connectivity index (χ0v) is 60.1. The molecule has 0 unspecified atom stereocenters. The van der Waals surface area contributed by atoms with Crippen LogP contribution in [0.2, 0.25) is 0 Å². The molecule has 100 heavy (non-hydrogen) atoms. The summed E-state index contributed by atoms with van der Waals surface area (Å²) in [5.41, 5.74) is 29.6. The van der Waals surface area contributed by atoms with Crippen molar-refractivity contribution in [3.05, 3.63) is 295 Å². The summed E-state index contributed by atoms with van der Waals surface area (Å²) in [4.78, 5) is 5.44. The van der Waals surface area contributed by atoms with Crippen LogP contribution >= 0.6 is 11.3 Å². The van der Waals surface area contributed by atoms with Gasteiger partial charge >= 0.3 is 0 Å². The van der Waals surface area contributed by atoms with Crippen molar-refractivity contribution < 1.29 is 0 Å². The van der Waals surface area contributed by atoms with E-state index in [0.717, 1.165) is 28.3 Å². The minimum absolute atomic E-state index is 0.0671. The minimum Gasteiger partial charge on any atom is -0.310 e. The van der Waals surface area contributed by atoms with E-state index < -0.39 is 0 Å². The average molecular weight is 1310 g/mol. The monoisotopic (exact) mass is 1310 g/mol. The molecule has 5 heterocycles. The second-order valence-electron chi connectivity index (χ2n) is 32.1. The number of thiophene rings is 1. The lowest BCUT2D eigenvalue weighted by atomic mass is 9.33. The molecule has 0 aliphatic carbocycles. The first kappa shape index (κ1) is 61.7. The highest BCUT2D eigenvalue weighted by molar-refractivity contribution is 7.26. The first-order valence-electron chi connectivity index (χ1n) is 35.6. The zero-order valence-electron chi connectivity index (χ0n) is 59.3. The van der Waals surface area contributed by atoms with Crippen molar-refractivity contribution in [1.82, 2.24) is 9.13 Å². The third-order valence-corrected chi connectivity index (χ3v) is 22.9. The van der Waals surface area contributed by atoms with Crippen molar-refractivity contribution in [3.63, 3.8) is 0 Å². The van der Waals surface area contributed by atoms with Crippen molar-refractivity contribution in [2.75, 3.05) is 9.80 Å². The molecule has 0 saturated carbocycles. The molecule has 13 aromatic carbocycles. The van der Waals surface area contributed by atoms with Crippen LogP contribution in [0.1, 0.15) is 105 Å². The molecule has 0 radical (unpaired) electrons. The van der Waals surface area contributed by atoms with Crippen LogP contribution in [0, 0.1) is 0 Å². The lowest BCUT2D eigenvalue weighted by Gasteiger charge is -2.46. The molecule has 0 amide bonds. The van der Waals surface area contributed by atoms with E-state index in [1.54, 1.807) is 0 Å². The van der Waals surface area contributed by atoms with Crippen molar-refractivity contribution >= 4 is 132 Å². The predicted molar refractivity (Wildman–Crippen MR) is 433 cm³/mol. The number of anilines is 6. The minimum atomic E-state index is -0.281. The molecular weight excluding hydrogens is 1230 g/mol. The second-order valence-corrected chi connectivity index (χ2v) is 33.2. The molecule has 2 aliphatic rings. The Hall–Kier alpha value is -10.7. The van der Waals surface area contributed by atoms with E-state index in [-0.39, 0.29) is 28.4 Å². The Kier molecular flexibility index (Phi) is 13.8. The molecule has 4 nitrogen and oxygen atoms in total. The van der Waals surface area contributed by atoms with Crippen molar-refractivity contribution in [1.29, 1.82) is 0 Å². The van der Waals surface area contributed by atoms with Gasteiger partial charge in [-0.15, -0.1) is 11.3 Å². The SMILES string of the molecule is CC(C)(C)c1cc(-c2ccc3c(c2)N(c2cccc4c2sc2ccccc24)c2cc(C(C)(C)C)cc4c2B3c2ccc(-n3c5ccccc5c5ccc6c(c7ccccc7n6-c6ccccc6)c53)cc2N4c2c(-c3ccccc3)cc(C(C)(C)C)cc2-c2ccccc2)cc(C(C)(C)C)c1. The second kappa shape index (κ2) is 22.4. The van der Waals surface area contributed by atoms with Crippen molar-refractivity contribution in [2.45, 2.75) is 105 Å². The van der Waals surface area contributed by atoms with E-state index in [0.29, 0.717) is 0 Å². The van der Waals surface area contributed by atoms with E-state index in [4.69, 9.17) is 0 Å². The van der Waals surface area contributed by atoms with Gasteiger partial charge in [-0.1, -0.05) is 271 Å². The highest BCUT2D eigenvalue weighted by Crippen LogP contribution is 2.55. The maximum Gasteiger partial charge on any atom is 0.252 e. The number of nitrogens with zero attached hydrogens (tertiary/aromatic N) is 4. The lowest BCUT2D eigenvalue weighted by Crippen LogP contribution is -2.61. The predicted octanol–water partition coefficient (Wildman–Crippen LogP) is 24.5. The molecule has 0 spiro atoms. The molecular formula is C94H81BN4S. The summed E-state index contributed by atoms with van der Waals surface area (Å²) in [6.45, 7) is 28.2. The number of rotatable bonds is 7. The summed E-state index contributed by atoms with van der Waals surface area (Å²) in [6.07, 6.45) is 0. The van der Waals surface area contributed by atoms with Gasteiger partial charge < -0.3 is 18.9 Å². The summed E-state index contributed by atoms with van der Waals surface area (Å²) in [7, 11) is 0. The van der Waals surface area contributed by atoms with Gasteiger partial charge in [0.1, 0.15) is 0 Å². The molecule has 18 rings (SSSR count). The van der Waals surface area contributed by atoms with Crippen LogP contribution in [0.5, 0.6) is 0 Å². The lowest BCUT2D eigenvalue weighted by molar-refractivity contribution is 0.569. The number of benzene rings is 13. The van der Waals surface area contributed by atoms with Crippen molar-refractivity contribution in [2.24, 2.45) is 0 Å². The fourth-order valence-electron chi connectivity index (χ4n) is 16.4. The number of hydrogen-bond acceptors (Lipinski definition) is 3. The number of fused-ring (bicyclic) bond motifs is 14. The smallest absolute Gasteiger partial charge is 0.252 e. The number of para-hydroxylation sites is 3. The Balaban J connectivity index is 1.01. The van der Waals surface area contributed by atoms with Crippen LogP contribution in [-0.2, 0) is 21.7 Å². The summed E-state index contributed by atoms with van der Waals surface area (Å²) in [5, 5.41) is 7.46. The van der Waals surface area contributed by atoms with Crippen LogP contribution in [0.25, 0.3) is 109 Å². The Bertz CT molecular complexity index is 5930. The summed E-state index contributed by atoms with van der Waals surface area (Å²) < 4.78 is 7.62. The molecule has 16 aromatic rings. The largest absolute Gasteiger partial charge is 0.310 e. The highest BCUT2D eigenvalue weighted by atomic mass is 32.1. The molecule has 6 heteroatoms. The van der Waals surface area contributed by atoms with Crippen LogP contribution in [0.4, 0.5) is 34.1 Å². The van der Waals surface area contributed by atoms with Crippen molar-refractivity contribution in [3.8, 4) is 44.8 Å². The molecule has 2 aliphatic heterocycles. The zero-order chi connectivity index (χ0) is 68.5. The summed E-state index contributed by atoms with van der Waals surface area (Å²) in [5.74, 6) is 0. The van der Waals surface area contributed by atoms with Crippen LogP contribution in [0.15, 0.2) is 273 Å². The maximum absolute atomic E-state index is 2.74. The summed E-state index contributed by atoms with van der Waals surface area (Å²) >= 11 is 1.91. The number of hydrogen-bond donors (Lipinski definition) is 0. The van der Waals surface area contributed by atoms with Gasteiger partial charge in [0, 0.05) is 82.3 Å². The van der Waals surface area contributed by atoms with Gasteiger partial charge in [-0.3, -0.25) is 0 Å². The Labute approximate surface area is 592 Å². The Morgan fingerprint density at radius 3 is 1.44 bits per heavy atom. The molecule has 0 bridgehead atoms. The highest BCUT2D eigenvalue weighted by Gasteiger charge is 2.46. The average Bonchev–Trinajstić information content (AvgIpc) is 1.02. The van der Waals surface area contributed by atoms with E-state index in [1.807, 2.05) is 11.3 Å². The topological polar surface area (TPSA) is 16.3 Å². The molecule has 0 saturated heterocycles. The van der Waals surface area contributed by atoms with Gasteiger partial charge in [0.05, 0.1) is 38.1 Å². The van der Waals surface area contributed by atoms with Crippen LogP contribution in [-0.4, -0.2) is 15.8 Å². The van der Waals surface area contributed by atoms with E-state index in [2.05, 4.69) is 375 Å². The third kappa shape index (κ3) is 9.68. The summed E-state index contributed by atoms with van der Waals surface area (Å²) in [6, 6.07) is 105. The van der Waals surface area contributed by atoms with Gasteiger partial charge in [-0.25, -0.2) is 0 Å². The fraction of sp³-hybridized carbons (Fsp3) is 0.170. The van der Waals surface area contributed by atoms with E-state index in [9.17, 15) is 0 Å². The molecule has 3 aromatic heterocycles. The molecule has 0 atom stereocenters. The first-order valence-corrected chi connectivity index (χ1v) is 36.4. The Morgan fingerprint density at radius 2 is 0.810 bits per heavy atom. The van der Waals surface area contributed by atoms with Crippen LogP contribution < -0.4 is 26.2 Å².